The van der Waals surface area contributed by atoms with E-state index in [0.717, 1.165) is 0 Å². The molecule has 0 heterocycles. The molecule has 1 atom stereocenters. The number of nitrogens with two attached hydrogens (primary N) is 2. The predicted octanol–water partition coefficient (Wildman–Crippen LogP) is 1.68. The van der Waals surface area contributed by atoms with E-state index in [9.17, 15) is 9.00 Å². The third-order valence-corrected chi connectivity index (χ3v) is 4.17. The van der Waals surface area contributed by atoms with E-state index in [1.807, 2.05) is 0 Å². The van der Waals surface area contributed by atoms with Crippen molar-refractivity contribution in [3.8, 4) is 0 Å². The van der Waals surface area contributed by atoms with Crippen LogP contribution in [-0.2, 0) is 16.6 Å². The Morgan fingerprint density at radius 2 is 1.68 bits per heavy atom. The summed E-state index contributed by atoms with van der Waals surface area (Å²) < 4.78 is 12.3. The zero-order valence-corrected chi connectivity index (χ0v) is 11.0. The topological polar surface area (TPSA) is 86.2 Å². The summed E-state index contributed by atoms with van der Waals surface area (Å²) in [5.41, 5.74) is 12.6. The molecule has 0 fully saturated rings. The number of carbonyl (C=O) groups excluding carboxylic acids is 1. The van der Waals surface area contributed by atoms with Crippen LogP contribution in [0.5, 0.6) is 0 Å². The summed E-state index contributed by atoms with van der Waals surface area (Å²) in [6, 6.07) is 13.9. The van der Waals surface area contributed by atoms with Crippen LogP contribution in [-0.4, -0.2) is 10.1 Å². The summed E-state index contributed by atoms with van der Waals surface area (Å²) in [6.07, 6.45) is 0. The van der Waals surface area contributed by atoms with E-state index in [1.54, 1.807) is 48.5 Å². The second-order valence-corrected chi connectivity index (χ2v) is 5.47. The van der Waals surface area contributed by atoms with E-state index in [0.29, 0.717) is 21.7 Å². The summed E-state index contributed by atoms with van der Waals surface area (Å²) in [5.74, 6) is -0.304. The molecule has 1 unspecified atom stereocenters. The lowest BCUT2D eigenvalue weighted by Crippen LogP contribution is -2.14. The smallest absolute Gasteiger partial charge is 0.249 e. The van der Waals surface area contributed by atoms with Crippen molar-refractivity contribution in [2.45, 2.75) is 10.6 Å². The maximum Gasteiger partial charge on any atom is 0.249 e. The highest BCUT2D eigenvalue weighted by molar-refractivity contribution is 7.84. The van der Waals surface area contributed by atoms with Crippen molar-refractivity contribution in [2.24, 2.45) is 5.73 Å². The third-order valence-electron chi connectivity index (χ3n) is 2.73. The molecule has 4 nitrogen and oxygen atoms in total. The number of nitrogen functional groups attached to an aromatic ring is 1. The molecule has 0 saturated carbocycles. The number of anilines is 1. The van der Waals surface area contributed by atoms with Crippen LogP contribution in [0.1, 0.15) is 15.9 Å². The van der Waals surface area contributed by atoms with E-state index < -0.39 is 16.7 Å². The molecule has 2 aromatic rings. The van der Waals surface area contributed by atoms with Gasteiger partial charge in [-0.05, 0) is 23.8 Å². The minimum absolute atomic E-state index is 0.216. The van der Waals surface area contributed by atoms with Crippen molar-refractivity contribution in [2.75, 3.05) is 5.73 Å². The Morgan fingerprint density at radius 1 is 1.05 bits per heavy atom. The number of primary amides is 1. The first kappa shape index (κ1) is 13.3. The molecule has 2 rings (SSSR count). The summed E-state index contributed by atoms with van der Waals surface area (Å²) in [6.45, 7) is 0. The Labute approximate surface area is 113 Å². The first-order valence-electron chi connectivity index (χ1n) is 5.70. The fourth-order valence-electron chi connectivity index (χ4n) is 1.79. The minimum atomic E-state index is -1.31. The average Bonchev–Trinajstić information content (AvgIpc) is 2.39. The van der Waals surface area contributed by atoms with Gasteiger partial charge in [-0.1, -0.05) is 30.3 Å². The van der Waals surface area contributed by atoms with Crippen LogP contribution in [0.2, 0.25) is 0 Å². The summed E-state index contributed by atoms with van der Waals surface area (Å²) in [7, 11) is -1.31. The lowest BCUT2D eigenvalue weighted by Gasteiger charge is -2.08. The highest BCUT2D eigenvalue weighted by atomic mass is 32.2. The lowest BCUT2D eigenvalue weighted by atomic mass is 10.1. The minimum Gasteiger partial charge on any atom is -0.398 e. The quantitative estimate of drug-likeness (QED) is 0.832. The van der Waals surface area contributed by atoms with Gasteiger partial charge in [-0.25, -0.2) is 0 Å². The van der Waals surface area contributed by atoms with Crippen molar-refractivity contribution in [1.29, 1.82) is 0 Å². The molecule has 1 amide bonds. The molecule has 0 bridgehead atoms. The van der Waals surface area contributed by atoms with Crippen molar-refractivity contribution in [1.82, 2.24) is 0 Å². The molecule has 0 aromatic heterocycles. The Balaban J connectivity index is 2.30. The van der Waals surface area contributed by atoms with E-state index in [2.05, 4.69) is 0 Å². The largest absolute Gasteiger partial charge is 0.398 e. The molecule has 19 heavy (non-hydrogen) atoms. The van der Waals surface area contributed by atoms with Crippen molar-refractivity contribution >= 4 is 22.4 Å². The molecule has 98 valence electrons. The van der Waals surface area contributed by atoms with E-state index >= 15 is 0 Å². The van der Waals surface area contributed by atoms with Gasteiger partial charge in [-0.2, -0.15) is 0 Å². The van der Waals surface area contributed by atoms with E-state index in [-0.39, 0.29) is 5.75 Å². The zero-order chi connectivity index (χ0) is 13.8. The molecule has 5 heteroatoms. The normalized spacial score (nSPS) is 12.0. The Hall–Kier alpha value is -2.14. The van der Waals surface area contributed by atoms with Gasteiger partial charge in [-0.15, -0.1) is 0 Å². The standard InChI is InChI=1S/C14H14N2O2S/c15-12-7-3-4-8-13(12)19(18)9-10-5-1-2-6-11(10)14(16)17/h1-8H,9,15H2,(H2,16,17). The summed E-state index contributed by atoms with van der Waals surface area (Å²) in [5, 5.41) is 0. The van der Waals surface area contributed by atoms with Crippen LogP contribution < -0.4 is 11.5 Å². The Morgan fingerprint density at radius 3 is 2.37 bits per heavy atom. The highest BCUT2D eigenvalue weighted by Gasteiger charge is 2.13. The molecule has 0 radical (unpaired) electrons. The van der Waals surface area contributed by atoms with Gasteiger partial charge in [0.05, 0.1) is 21.4 Å². The molecule has 4 N–H and O–H groups in total. The van der Waals surface area contributed by atoms with Gasteiger partial charge in [-0.3, -0.25) is 9.00 Å². The van der Waals surface area contributed by atoms with Gasteiger partial charge in [0.1, 0.15) is 0 Å². The predicted molar refractivity (Wildman–Crippen MR) is 75.9 cm³/mol. The van der Waals surface area contributed by atoms with E-state index in [4.69, 9.17) is 11.5 Å². The fraction of sp³-hybridized carbons (Fsp3) is 0.0714. The van der Waals surface area contributed by atoms with Crippen molar-refractivity contribution in [3.63, 3.8) is 0 Å². The number of carbonyl (C=O) groups is 1. The van der Waals surface area contributed by atoms with Crippen LogP contribution in [0.25, 0.3) is 0 Å². The van der Waals surface area contributed by atoms with Gasteiger partial charge < -0.3 is 11.5 Å². The number of hydrogen-bond acceptors (Lipinski definition) is 3. The number of rotatable bonds is 4. The monoisotopic (exact) mass is 274 g/mol. The molecule has 0 spiro atoms. The summed E-state index contributed by atoms with van der Waals surface area (Å²) in [4.78, 5) is 11.9. The van der Waals surface area contributed by atoms with Crippen molar-refractivity contribution < 1.29 is 9.00 Å². The molecule has 0 aliphatic carbocycles. The Bertz CT molecular complexity index is 641. The number of para-hydroxylation sites is 1. The first-order chi connectivity index (χ1) is 9.09. The molecule has 0 saturated heterocycles. The lowest BCUT2D eigenvalue weighted by molar-refractivity contribution is 0.0999. The molecule has 0 aliphatic rings. The fourth-order valence-corrected chi connectivity index (χ4v) is 3.04. The van der Waals surface area contributed by atoms with E-state index in [1.165, 1.54) is 0 Å². The first-order valence-corrected chi connectivity index (χ1v) is 7.02. The highest BCUT2D eigenvalue weighted by Crippen LogP contribution is 2.20. The third kappa shape index (κ3) is 3.00. The van der Waals surface area contributed by atoms with Crippen LogP contribution in [0.3, 0.4) is 0 Å². The van der Waals surface area contributed by atoms with Crippen LogP contribution >= 0.6 is 0 Å². The number of amides is 1. The zero-order valence-electron chi connectivity index (χ0n) is 10.2. The maximum atomic E-state index is 12.3. The van der Waals surface area contributed by atoms with Gasteiger partial charge in [0.2, 0.25) is 5.91 Å². The molecular formula is C14H14N2O2S. The molecular weight excluding hydrogens is 260 g/mol. The number of benzene rings is 2. The second kappa shape index (κ2) is 5.67. The second-order valence-electron chi connectivity index (χ2n) is 4.05. The van der Waals surface area contributed by atoms with Gasteiger partial charge in [0.15, 0.2) is 0 Å². The SMILES string of the molecule is NC(=O)c1ccccc1CS(=O)c1ccccc1N. The van der Waals surface area contributed by atoms with Crippen LogP contribution in [0.15, 0.2) is 53.4 Å². The van der Waals surface area contributed by atoms with Gasteiger partial charge >= 0.3 is 0 Å². The molecule has 0 aliphatic heterocycles. The van der Waals surface area contributed by atoms with Crippen molar-refractivity contribution in [3.05, 3.63) is 59.7 Å². The van der Waals surface area contributed by atoms with Gasteiger partial charge in [0, 0.05) is 11.3 Å². The Kier molecular flexibility index (Phi) is 3.97. The van der Waals surface area contributed by atoms with Crippen LogP contribution in [0.4, 0.5) is 5.69 Å². The maximum absolute atomic E-state index is 12.3. The average molecular weight is 274 g/mol. The molecule has 2 aromatic carbocycles. The van der Waals surface area contributed by atoms with Crippen LogP contribution in [0, 0.1) is 0 Å². The summed E-state index contributed by atoms with van der Waals surface area (Å²) >= 11 is 0. The van der Waals surface area contributed by atoms with Gasteiger partial charge in [0.25, 0.3) is 0 Å². The number of hydrogen-bond donors (Lipinski definition) is 2.